The molecular weight excluding hydrogens is 248 g/mol. The van der Waals surface area contributed by atoms with Crippen molar-refractivity contribution in [2.75, 3.05) is 39.4 Å². The van der Waals surface area contributed by atoms with Gasteiger partial charge < -0.3 is 10.1 Å². The maximum Gasteiger partial charge on any atom is 0.0594 e. The van der Waals surface area contributed by atoms with Gasteiger partial charge in [-0.1, -0.05) is 29.8 Å². The summed E-state index contributed by atoms with van der Waals surface area (Å²) in [7, 11) is 0. The molecule has 100 valence electrons. The number of hydrogen-bond acceptors (Lipinski definition) is 3. The van der Waals surface area contributed by atoms with Crippen LogP contribution in [-0.4, -0.2) is 44.3 Å². The molecule has 0 amide bonds. The van der Waals surface area contributed by atoms with Crippen LogP contribution in [0.3, 0.4) is 0 Å². The van der Waals surface area contributed by atoms with E-state index in [1.54, 1.807) is 0 Å². The number of morpholine rings is 1. The summed E-state index contributed by atoms with van der Waals surface area (Å²) in [6, 6.07) is 7.99. The third-order valence-electron chi connectivity index (χ3n) is 3.20. The first kappa shape index (κ1) is 13.8. The van der Waals surface area contributed by atoms with E-state index < -0.39 is 0 Å². The number of hydrogen-bond donors (Lipinski definition) is 1. The molecule has 1 heterocycles. The van der Waals surface area contributed by atoms with Gasteiger partial charge in [-0.2, -0.15) is 0 Å². The van der Waals surface area contributed by atoms with Crippen LogP contribution in [0.2, 0.25) is 5.02 Å². The van der Waals surface area contributed by atoms with Gasteiger partial charge in [-0.05, 0) is 31.1 Å². The zero-order chi connectivity index (χ0) is 12.6. The standard InChI is InChI=1S/C14H21ClN2O/c15-14-5-2-1-4-13(14)12-16-6-3-7-17-8-10-18-11-9-17/h1-2,4-5,16H,3,6-12H2. The van der Waals surface area contributed by atoms with Crippen molar-refractivity contribution in [1.29, 1.82) is 0 Å². The average molecular weight is 269 g/mol. The van der Waals surface area contributed by atoms with E-state index in [9.17, 15) is 0 Å². The SMILES string of the molecule is Clc1ccccc1CNCCCN1CCOCC1. The number of ether oxygens (including phenoxy) is 1. The predicted octanol–water partition coefficient (Wildman–Crippen LogP) is 2.15. The Bertz CT molecular complexity index is 353. The second kappa shape index (κ2) is 7.74. The largest absolute Gasteiger partial charge is 0.379 e. The topological polar surface area (TPSA) is 24.5 Å². The molecule has 0 bridgehead atoms. The summed E-state index contributed by atoms with van der Waals surface area (Å²) in [5.74, 6) is 0. The Hall–Kier alpha value is -0.610. The summed E-state index contributed by atoms with van der Waals surface area (Å²) in [6.45, 7) is 6.94. The molecule has 1 aliphatic heterocycles. The zero-order valence-corrected chi connectivity index (χ0v) is 11.5. The molecule has 0 spiro atoms. The van der Waals surface area contributed by atoms with E-state index >= 15 is 0 Å². The Kier molecular flexibility index (Phi) is 5.94. The summed E-state index contributed by atoms with van der Waals surface area (Å²) < 4.78 is 5.33. The van der Waals surface area contributed by atoms with Crippen LogP contribution in [-0.2, 0) is 11.3 Å². The van der Waals surface area contributed by atoms with Crippen LogP contribution >= 0.6 is 11.6 Å². The number of nitrogens with one attached hydrogen (secondary N) is 1. The highest BCUT2D eigenvalue weighted by molar-refractivity contribution is 6.31. The molecule has 3 nitrogen and oxygen atoms in total. The molecule has 18 heavy (non-hydrogen) atoms. The zero-order valence-electron chi connectivity index (χ0n) is 10.7. The summed E-state index contributed by atoms with van der Waals surface area (Å²) in [5, 5.41) is 4.29. The van der Waals surface area contributed by atoms with E-state index in [1.807, 2.05) is 18.2 Å². The van der Waals surface area contributed by atoms with Crippen LogP contribution in [0, 0.1) is 0 Å². The number of halogens is 1. The molecule has 1 saturated heterocycles. The highest BCUT2D eigenvalue weighted by Gasteiger charge is 2.08. The smallest absolute Gasteiger partial charge is 0.0594 e. The van der Waals surface area contributed by atoms with Gasteiger partial charge >= 0.3 is 0 Å². The van der Waals surface area contributed by atoms with Gasteiger partial charge in [-0.15, -0.1) is 0 Å². The second-order valence-corrected chi connectivity index (χ2v) is 4.98. The molecule has 0 saturated carbocycles. The van der Waals surface area contributed by atoms with Crippen molar-refractivity contribution >= 4 is 11.6 Å². The molecule has 1 N–H and O–H groups in total. The lowest BCUT2D eigenvalue weighted by molar-refractivity contribution is 0.0374. The minimum Gasteiger partial charge on any atom is -0.379 e. The third kappa shape index (κ3) is 4.58. The van der Waals surface area contributed by atoms with E-state index in [0.29, 0.717) is 0 Å². The second-order valence-electron chi connectivity index (χ2n) is 4.58. The highest BCUT2D eigenvalue weighted by Crippen LogP contribution is 2.14. The van der Waals surface area contributed by atoms with Crippen LogP contribution in [0.15, 0.2) is 24.3 Å². The molecular formula is C14H21ClN2O. The summed E-state index contributed by atoms with van der Waals surface area (Å²) in [5.41, 5.74) is 1.17. The number of nitrogens with zero attached hydrogens (tertiary/aromatic N) is 1. The number of rotatable bonds is 6. The monoisotopic (exact) mass is 268 g/mol. The molecule has 2 rings (SSSR count). The number of benzene rings is 1. The Balaban J connectivity index is 1.57. The minimum atomic E-state index is 0.846. The molecule has 1 fully saturated rings. The average Bonchev–Trinajstić information content (AvgIpc) is 2.42. The van der Waals surface area contributed by atoms with Crippen molar-refractivity contribution in [2.24, 2.45) is 0 Å². The molecule has 1 aromatic rings. The Labute approximate surface area is 114 Å². The summed E-state index contributed by atoms with van der Waals surface area (Å²) in [4.78, 5) is 2.46. The Morgan fingerprint density at radius 3 is 2.78 bits per heavy atom. The van der Waals surface area contributed by atoms with Gasteiger partial charge in [-0.3, -0.25) is 4.90 Å². The maximum absolute atomic E-state index is 6.10. The van der Waals surface area contributed by atoms with E-state index in [4.69, 9.17) is 16.3 Å². The fourth-order valence-corrected chi connectivity index (χ4v) is 2.32. The van der Waals surface area contributed by atoms with Crippen molar-refractivity contribution in [3.63, 3.8) is 0 Å². The lowest BCUT2D eigenvalue weighted by Gasteiger charge is -2.26. The van der Waals surface area contributed by atoms with E-state index in [2.05, 4.69) is 16.3 Å². The maximum atomic E-state index is 6.10. The van der Waals surface area contributed by atoms with Crippen molar-refractivity contribution in [2.45, 2.75) is 13.0 Å². The molecule has 1 aliphatic rings. The lowest BCUT2D eigenvalue weighted by atomic mass is 10.2. The molecule has 4 heteroatoms. The van der Waals surface area contributed by atoms with Crippen LogP contribution < -0.4 is 5.32 Å². The predicted molar refractivity (Wildman–Crippen MR) is 75.0 cm³/mol. The van der Waals surface area contributed by atoms with E-state index in [-0.39, 0.29) is 0 Å². The minimum absolute atomic E-state index is 0.846. The Morgan fingerprint density at radius 2 is 2.00 bits per heavy atom. The van der Waals surface area contributed by atoms with Gasteiger partial charge in [0, 0.05) is 24.7 Å². The van der Waals surface area contributed by atoms with Crippen molar-refractivity contribution in [3.05, 3.63) is 34.9 Å². The summed E-state index contributed by atoms with van der Waals surface area (Å²) in [6.07, 6.45) is 1.17. The van der Waals surface area contributed by atoms with Gasteiger partial charge in [-0.25, -0.2) is 0 Å². The van der Waals surface area contributed by atoms with Crippen LogP contribution in [0.25, 0.3) is 0 Å². The van der Waals surface area contributed by atoms with Gasteiger partial charge in [0.25, 0.3) is 0 Å². The van der Waals surface area contributed by atoms with E-state index in [0.717, 1.165) is 51.0 Å². The fraction of sp³-hybridized carbons (Fsp3) is 0.571. The van der Waals surface area contributed by atoms with Gasteiger partial charge in [0.15, 0.2) is 0 Å². The lowest BCUT2D eigenvalue weighted by Crippen LogP contribution is -2.37. The van der Waals surface area contributed by atoms with E-state index in [1.165, 1.54) is 12.0 Å². The van der Waals surface area contributed by atoms with Gasteiger partial charge in [0.05, 0.1) is 13.2 Å². The highest BCUT2D eigenvalue weighted by atomic mass is 35.5. The third-order valence-corrected chi connectivity index (χ3v) is 3.57. The fourth-order valence-electron chi connectivity index (χ4n) is 2.12. The molecule has 1 aromatic carbocycles. The van der Waals surface area contributed by atoms with Crippen molar-refractivity contribution in [3.8, 4) is 0 Å². The molecule has 0 radical (unpaired) electrons. The van der Waals surface area contributed by atoms with Gasteiger partial charge in [0.2, 0.25) is 0 Å². The van der Waals surface area contributed by atoms with Gasteiger partial charge in [0.1, 0.15) is 0 Å². The quantitative estimate of drug-likeness (QED) is 0.800. The molecule has 0 aliphatic carbocycles. The molecule has 0 aromatic heterocycles. The normalized spacial score (nSPS) is 16.9. The first-order chi connectivity index (χ1) is 8.86. The van der Waals surface area contributed by atoms with Crippen molar-refractivity contribution < 1.29 is 4.74 Å². The first-order valence-electron chi connectivity index (χ1n) is 6.60. The van der Waals surface area contributed by atoms with Crippen LogP contribution in [0.4, 0.5) is 0 Å². The van der Waals surface area contributed by atoms with Crippen LogP contribution in [0.5, 0.6) is 0 Å². The Morgan fingerprint density at radius 1 is 1.22 bits per heavy atom. The molecule has 0 unspecified atom stereocenters. The molecule has 0 atom stereocenters. The van der Waals surface area contributed by atoms with Crippen LogP contribution in [0.1, 0.15) is 12.0 Å². The first-order valence-corrected chi connectivity index (χ1v) is 6.98. The summed E-state index contributed by atoms with van der Waals surface area (Å²) >= 11 is 6.10. The van der Waals surface area contributed by atoms with Crippen molar-refractivity contribution in [1.82, 2.24) is 10.2 Å².